The molecule has 0 fully saturated rings. The van der Waals surface area contributed by atoms with Crippen LogP contribution >= 0.6 is 0 Å². The van der Waals surface area contributed by atoms with E-state index >= 15 is 0 Å². The van der Waals surface area contributed by atoms with Crippen LogP contribution in [0.25, 0.3) is 0 Å². The minimum atomic E-state index is 0.113. The Bertz CT molecular complexity index is 348. The maximum absolute atomic E-state index is 9.04. The van der Waals surface area contributed by atoms with Gasteiger partial charge in [0.15, 0.2) is 0 Å². The van der Waals surface area contributed by atoms with Crippen molar-refractivity contribution < 1.29 is 5.11 Å². The summed E-state index contributed by atoms with van der Waals surface area (Å²) in [6.45, 7) is 7.37. The summed E-state index contributed by atoms with van der Waals surface area (Å²) in [5, 5.41) is 9.04. The molecule has 1 aromatic rings. The largest absolute Gasteiger partial charge is 0.395 e. The number of anilines is 2. The fourth-order valence-electron chi connectivity index (χ4n) is 1.66. The van der Waals surface area contributed by atoms with E-state index in [-0.39, 0.29) is 6.61 Å². The molecule has 1 heterocycles. The zero-order valence-corrected chi connectivity index (χ0v) is 10.2. The third-order valence-corrected chi connectivity index (χ3v) is 2.43. The van der Waals surface area contributed by atoms with Gasteiger partial charge >= 0.3 is 0 Å². The van der Waals surface area contributed by atoms with E-state index in [1.165, 1.54) is 0 Å². The number of aliphatic hydroxyl groups is 1. The number of rotatable bonds is 5. The molecule has 0 aliphatic carbocycles. The molecule has 0 aromatic carbocycles. The van der Waals surface area contributed by atoms with E-state index < -0.39 is 0 Å². The van der Waals surface area contributed by atoms with E-state index in [1.807, 2.05) is 18.7 Å². The zero-order valence-electron chi connectivity index (χ0n) is 10.2. The molecule has 0 atom stereocenters. The van der Waals surface area contributed by atoms with Gasteiger partial charge in [-0.2, -0.15) is 0 Å². The first kappa shape index (κ1) is 12.7. The highest BCUT2D eigenvalue weighted by Gasteiger charge is 2.13. The van der Waals surface area contributed by atoms with Crippen molar-refractivity contribution in [3.8, 4) is 0 Å². The highest BCUT2D eigenvalue weighted by atomic mass is 16.3. The van der Waals surface area contributed by atoms with Crippen LogP contribution in [0.3, 0.4) is 0 Å². The van der Waals surface area contributed by atoms with Crippen molar-refractivity contribution in [2.45, 2.75) is 27.2 Å². The van der Waals surface area contributed by atoms with Crippen molar-refractivity contribution in [1.29, 1.82) is 0 Å². The summed E-state index contributed by atoms with van der Waals surface area (Å²) in [5.41, 5.74) is 6.69. The number of nitrogen functional groups attached to an aromatic ring is 1. The number of aliphatic hydroxyl groups excluding tert-OH is 1. The van der Waals surface area contributed by atoms with Gasteiger partial charge in [0.2, 0.25) is 0 Å². The van der Waals surface area contributed by atoms with Gasteiger partial charge in [0.05, 0.1) is 6.61 Å². The van der Waals surface area contributed by atoms with E-state index in [9.17, 15) is 0 Å². The molecule has 3 N–H and O–H groups in total. The van der Waals surface area contributed by atoms with Crippen LogP contribution in [-0.2, 0) is 0 Å². The van der Waals surface area contributed by atoms with Crippen molar-refractivity contribution in [3.63, 3.8) is 0 Å². The van der Waals surface area contributed by atoms with E-state index in [4.69, 9.17) is 10.8 Å². The molecular weight excluding hydrogens is 204 g/mol. The van der Waals surface area contributed by atoms with Crippen molar-refractivity contribution in [1.82, 2.24) is 9.97 Å². The molecule has 16 heavy (non-hydrogen) atoms. The second-order valence-electron chi connectivity index (χ2n) is 3.82. The molecule has 0 spiro atoms. The maximum atomic E-state index is 9.04. The summed E-state index contributed by atoms with van der Waals surface area (Å²) in [5.74, 6) is 2.01. The summed E-state index contributed by atoms with van der Waals surface area (Å²) in [6, 6.07) is 0. The predicted molar refractivity (Wildman–Crippen MR) is 65.5 cm³/mol. The lowest BCUT2D eigenvalue weighted by molar-refractivity contribution is 0.301. The number of hydrogen-bond donors (Lipinski definition) is 2. The van der Waals surface area contributed by atoms with Crippen LogP contribution in [0, 0.1) is 13.8 Å². The number of aromatic nitrogens is 2. The maximum Gasteiger partial charge on any atom is 0.137 e. The Morgan fingerprint density at radius 2 is 1.94 bits per heavy atom. The molecule has 0 unspecified atom stereocenters. The van der Waals surface area contributed by atoms with Gasteiger partial charge in [0, 0.05) is 18.7 Å². The molecule has 0 saturated heterocycles. The number of hydrogen-bond acceptors (Lipinski definition) is 5. The topological polar surface area (TPSA) is 75.3 Å². The standard InChI is InChI=1S/C11H20N4O/c1-4-5-15(6-7-16)11-8(2)10(12)13-9(3)14-11/h16H,4-7H2,1-3H3,(H2,12,13,14). The Balaban J connectivity index is 3.07. The van der Waals surface area contributed by atoms with Gasteiger partial charge in [0.25, 0.3) is 0 Å². The average molecular weight is 224 g/mol. The Labute approximate surface area is 96.3 Å². The quantitative estimate of drug-likeness (QED) is 0.776. The lowest BCUT2D eigenvalue weighted by atomic mass is 10.2. The first-order valence-electron chi connectivity index (χ1n) is 5.56. The van der Waals surface area contributed by atoms with E-state index in [0.717, 1.165) is 24.3 Å². The second-order valence-corrected chi connectivity index (χ2v) is 3.82. The Hall–Kier alpha value is -1.36. The molecule has 90 valence electrons. The summed E-state index contributed by atoms with van der Waals surface area (Å²) in [4.78, 5) is 10.6. The molecule has 1 rings (SSSR count). The van der Waals surface area contributed by atoms with Gasteiger partial charge < -0.3 is 15.7 Å². The monoisotopic (exact) mass is 224 g/mol. The number of nitrogens with zero attached hydrogens (tertiary/aromatic N) is 3. The van der Waals surface area contributed by atoms with Crippen LogP contribution in [0.2, 0.25) is 0 Å². The Kier molecular flexibility index (Phi) is 4.49. The summed E-state index contributed by atoms with van der Waals surface area (Å²) >= 11 is 0. The summed E-state index contributed by atoms with van der Waals surface area (Å²) in [7, 11) is 0. The Morgan fingerprint density at radius 3 is 2.50 bits per heavy atom. The molecular formula is C11H20N4O. The third kappa shape index (κ3) is 2.82. The van der Waals surface area contributed by atoms with Gasteiger partial charge in [-0.25, -0.2) is 9.97 Å². The summed E-state index contributed by atoms with van der Waals surface area (Å²) < 4.78 is 0. The third-order valence-electron chi connectivity index (χ3n) is 2.43. The SMILES string of the molecule is CCCN(CCO)c1nc(C)nc(N)c1C. The van der Waals surface area contributed by atoms with Crippen LogP contribution in [0.5, 0.6) is 0 Å². The van der Waals surface area contributed by atoms with Crippen LogP contribution in [0.1, 0.15) is 24.7 Å². The average Bonchev–Trinajstić information content (AvgIpc) is 2.23. The van der Waals surface area contributed by atoms with E-state index in [1.54, 1.807) is 0 Å². The van der Waals surface area contributed by atoms with E-state index in [0.29, 0.717) is 18.2 Å². The lowest BCUT2D eigenvalue weighted by Crippen LogP contribution is -2.29. The second kappa shape index (κ2) is 5.65. The Morgan fingerprint density at radius 1 is 1.25 bits per heavy atom. The predicted octanol–water partition coefficient (Wildman–Crippen LogP) is 0.884. The molecule has 0 radical (unpaired) electrons. The fourth-order valence-corrected chi connectivity index (χ4v) is 1.66. The molecule has 0 amide bonds. The molecule has 0 aliphatic heterocycles. The van der Waals surface area contributed by atoms with Gasteiger partial charge in [-0.1, -0.05) is 6.92 Å². The zero-order chi connectivity index (χ0) is 12.1. The summed E-state index contributed by atoms with van der Waals surface area (Å²) in [6.07, 6.45) is 1.00. The molecule has 0 saturated carbocycles. The highest BCUT2D eigenvalue weighted by molar-refractivity contribution is 5.56. The van der Waals surface area contributed by atoms with Gasteiger partial charge in [-0.15, -0.1) is 0 Å². The first-order chi connectivity index (χ1) is 7.60. The van der Waals surface area contributed by atoms with Crippen molar-refractivity contribution in [2.24, 2.45) is 0 Å². The van der Waals surface area contributed by atoms with Gasteiger partial charge in [-0.05, 0) is 20.3 Å². The molecule has 1 aromatic heterocycles. The van der Waals surface area contributed by atoms with Crippen LogP contribution < -0.4 is 10.6 Å². The van der Waals surface area contributed by atoms with Crippen molar-refractivity contribution in [3.05, 3.63) is 11.4 Å². The molecule has 5 heteroatoms. The van der Waals surface area contributed by atoms with Crippen molar-refractivity contribution in [2.75, 3.05) is 30.3 Å². The molecule has 5 nitrogen and oxygen atoms in total. The van der Waals surface area contributed by atoms with E-state index in [2.05, 4.69) is 16.9 Å². The normalized spacial score (nSPS) is 10.5. The van der Waals surface area contributed by atoms with Gasteiger partial charge in [-0.3, -0.25) is 0 Å². The smallest absolute Gasteiger partial charge is 0.137 e. The molecule has 0 aliphatic rings. The first-order valence-corrected chi connectivity index (χ1v) is 5.56. The number of aryl methyl sites for hydroxylation is 1. The van der Waals surface area contributed by atoms with Crippen molar-refractivity contribution >= 4 is 11.6 Å². The minimum Gasteiger partial charge on any atom is -0.395 e. The number of nitrogens with two attached hydrogens (primary N) is 1. The highest BCUT2D eigenvalue weighted by Crippen LogP contribution is 2.21. The van der Waals surface area contributed by atoms with Crippen LogP contribution in [-0.4, -0.2) is 34.8 Å². The minimum absolute atomic E-state index is 0.113. The fraction of sp³-hybridized carbons (Fsp3) is 0.636. The molecule has 0 bridgehead atoms. The van der Waals surface area contributed by atoms with Crippen LogP contribution in [0.15, 0.2) is 0 Å². The lowest BCUT2D eigenvalue weighted by Gasteiger charge is -2.24. The van der Waals surface area contributed by atoms with Crippen LogP contribution in [0.4, 0.5) is 11.6 Å². The van der Waals surface area contributed by atoms with Gasteiger partial charge in [0.1, 0.15) is 17.5 Å².